The molecular formula is C17H21Cl2N3O3. The monoisotopic (exact) mass is 385 g/mol. The van der Waals surface area contributed by atoms with E-state index >= 15 is 0 Å². The third-order valence-corrected chi connectivity index (χ3v) is 4.84. The highest BCUT2D eigenvalue weighted by atomic mass is 35.5. The summed E-state index contributed by atoms with van der Waals surface area (Å²) in [5, 5.41) is 1.11. The van der Waals surface area contributed by atoms with Gasteiger partial charge in [0, 0.05) is 49.7 Å². The molecule has 1 heterocycles. The largest absolute Gasteiger partial charge is 0.342 e. The molecule has 0 N–H and O–H groups in total. The number of hydrogen-bond donors (Lipinski definition) is 0. The Morgan fingerprint density at radius 2 is 1.88 bits per heavy atom. The average Bonchev–Trinajstić information content (AvgIpc) is 2.59. The molecule has 1 aromatic carbocycles. The fraction of sp³-hybridized carbons (Fsp3) is 0.471. The van der Waals surface area contributed by atoms with Crippen LogP contribution in [0.1, 0.15) is 12.5 Å². The van der Waals surface area contributed by atoms with Crippen LogP contribution in [0.5, 0.6) is 0 Å². The van der Waals surface area contributed by atoms with Crippen LogP contribution >= 0.6 is 23.2 Å². The summed E-state index contributed by atoms with van der Waals surface area (Å²) >= 11 is 12.0. The van der Waals surface area contributed by atoms with Crippen LogP contribution in [0.2, 0.25) is 10.0 Å². The van der Waals surface area contributed by atoms with Gasteiger partial charge in [0.2, 0.25) is 18.2 Å². The fourth-order valence-electron chi connectivity index (χ4n) is 2.67. The number of halogens is 2. The van der Waals surface area contributed by atoms with Crippen molar-refractivity contribution < 1.29 is 14.4 Å². The highest BCUT2D eigenvalue weighted by Crippen LogP contribution is 2.21. The molecule has 0 unspecified atom stereocenters. The minimum absolute atomic E-state index is 0.0294. The maximum Gasteiger partial charge on any atom is 0.242 e. The van der Waals surface area contributed by atoms with Gasteiger partial charge in [0.15, 0.2) is 0 Å². The van der Waals surface area contributed by atoms with Gasteiger partial charge in [-0.3, -0.25) is 14.4 Å². The molecule has 3 amide bonds. The number of nitrogens with zero attached hydrogens (tertiary/aromatic N) is 3. The molecule has 0 aromatic heterocycles. The van der Waals surface area contributed by atoms with Crippen LogP contribution in [0.15, 0.2) is 18.2 Å². The van der Waals surface area contributed by atoms with Gasteiger partial charge in [-0.25, -0.2) is 0 Å². The van der Waals surface area contributed by atoms with Gasteiger partial charge in [0.1, 0.15) is 0 Å². The Hall–Kier alpha value is -1.79. The van der Waals surface area contributed by atoms with E-state index in [9.17, 15) is 14.4 Å². The summed E-state index contributed by atoms with van der Waals surface area (Å²) in [7, 11) is 0. The van der Waals surface area contributed by atoms with Gasteiger partial charge in [0.25, 0.3) is 0 Å². The molecule has 0 aliphatic carbocycles. The summed E-state index contributed by atoms with van der Waals surface area (Å²) in [6, 6.07) is 5.23. The summed E-state index contributed by atoms with van der Waals surface area (Å²) in [6.45, 7) is 3.91. The Bertz CT molecular complexity index is 646. The second-order valence-corrected chi connectivity index (χ2v) is 6.79. The first-order valence-electron chi connectivity index (χ1n) is 8.07. The molecule has 136 valence electrons. The first-order chi connectivity index (χ1) is 11.9. The first kappa shape index (κ1) is 19.5. The minimum Gasteiger partial charge on any atom is -0.342 e. The third-order valence-electron chi connectivity index (χ3n) is 4.25. The van der Waals surface area contributed by atoms with E-state index in [0.29, 0.717) is 49.2 Å². The van der Waals surface area contributed by atoms with Gasteiger partial charge in [-0.1, -0.05) is 29.3 Å². The molecule has 1 aromatic rings. The number of carbonyl (C=O) groups excluding carboxylic acids is 3. The molecule has 1 saturated heterocycles. The van der Waals surface area contributed by atoms with E-state index in [0.717, 1.165) is 12.0 Å². The molecule has 1 aliphatic rings. The molecule has 25 heavy (non-hydrogen) atoms. The molecule has 0 atom stereocenters. The lowest BCUT2D eigenvalue weighted by atomic mass is 10.1. The van der Waals surface area contributed by atoms with Crippen molar-refractivity contribution in [2.45, 2.75) is 13.3 Å². The maximum absolute atomic E-state index is 12.4. The molecule has 0 saturated carbocycles. The smallest absolute Gasteiger partial charge is 0.242 e. The van der Waals surface area contributed by atoms with Crippen molar-refractivity contribution in [3.8, 4) is 0 Å². The summed E-state index contributed by atoms with van der Waals surface area (Å²) in [6.07, 6.45) is 1.33. The quantitative estimate of drug-likeness (QED) is 0.699. The second-order valence-electron chi connectivity index (χ2n) is 5.95. The highest BCUT2D eigenvalue weighted by molar-refractivity contribution is 6.35. The van der Waals surface area contributed by atoms with Crippen LogP contribution in [-0.4, -0.2) is 72.2 Å². The molecule has 1 aliphatic heterocycles. The average molecular weight is 386 g/mol. The SMILES string of the molecule is CC(=O)N(CCc1ccc(Cl)cc1Cl)CC(=O)N1CCN(C=O)CC1. The number of hydrogen-bond acceptors (Lipinski definition) is 3. The summed E-state index contributed by atoms with van der Waals surface area (Å²) in [5.41, 5.74) is 0.879. The van der Waals surface area contributed by atoms with Gasteiger partial charge >= 0.3 is 0 Å². The van der Waals surface area contributed by atoms with Crippen molar-refractivity contribution in [3.63, 3.8) is 0 Å². The van der Waals surface area contributed by atoms with E-state index in [1.54, 1.807) is 21.9 Å². The number of benzene rings is 1. The topological polar surface area (TPSA) is 60.9 Å². The predicted octanol–water partition coefficient (Wildman–Crippen LogP) is 1.68. The van der Waals surface area contributed by atoms with Crippen molar-refractivity contribution in [2.75, 3.05) is 39.3 Å². The van der Waals surface area contributed by atoms with Crippen molar-refractivity contribution >= 4 is 41.4 Å². The standard InChI is InChI=1S/C17H21Cl2N3O3/c1-13(24)22(5-4-14-2-3-15(18)10-16(14)19)11-17(25)21-8-6-20(12-23)7-9-21/h2-3,10,12H,4-9,11H2,1H3. The van der Waals surface area contributed by atoms with Crippen LogP contribution in [0.25, 0.3) is 0 Å². The predicted molar refractivity (Wildman–Crippen MR) is 96.6 cm³/mol. The van der Waals surface area contributed by atoms with Crippen molar-refractivity contribution in [3.05, 3.63) is 33.8 Å². The van der Waals surface area contributed by atoms with Crippen LogP contribution < -0.4 is 0 Å². The lowest BCUT2D eigenvalue weighted by molar-refractivity contribution is -0.141. The lowest BCUT2D eigenvalue weighted by Gasteiger charge is -2.34. The zero-order valence-electron chi connectivity index (χ0n) is 14.1. The number of rotatable bonds is 6. The van der Waals surface area contributed by atoms with E-state index < -0.39 is 0 Å². The van der Waals surface area contributed by atoms with Crippen LogP contribution in [-0.2, 0) is 20.8 Å². The van der Waals surface area contributed by atoms with Crippen molar-refractivity contribution in [1.29, 1.82) is 0 Å². The highest BCUT2D eigenvalue weighted by Gasteiger charge is 2.23. The van der Waals surface area contributed by atoms with E-state index in [1.807, 2.05) is 6.07 Å². The Labute approximate surface area is 157 Å². The van der Waals surface area contributed by atoms with Gasteiger partial charge < -0.3 is 14.7 Å². The van der Waals surface area contributed by atoms with Crippen molar-refractivity contribution in [1.82, 2.24) is 14.7 Å². The Morgan fingerprint density at radius 1 is 1.20 bits per heavy atom. The maximum atomic E-state index is 12.4. The summed E-state index contributed by atoms with van der Waals surface area (Å²) in [5.74, 6) is -0.270. The van der Waals surface area contributed by atoms with Crippen LogP contribution in [0, 0.1) is 0 Å². The van der Waals surface area contributed by atoms with E-state index in [-0.39, 0.29) is 18.4 Å². The summed E-state index contributed by atoms with van der Waals surface area (Å²) in [4.78, 5) is 39.8. The minimum atomic E-state index is -0.162. The molecule has 2 rings (SSSR count). The first-order valence-corrected chi connectivity index (χ1v) is 8.83. The van der Waals surface area contributed by atoms with Gasteiger partial charge in [-0.15, -0.1) is 0 Å². The van der Waals surface area contributed by atoms with Crippen LogP contribution in [0.3, 0.4) is 0 Å². The van der Waals surface area contributed by atoms with Crippen molar-refractivity contribution in [2.24, 2.45) is 0 Å². The molecule has 0 spiro atoms. The summed E-state index contributed by atoms with van der Waals surface area (Å²) < 4.78 is 0. The zero-order valence-corrected chi connectivity index (χ0v) is 15.6. The zero-order chi connectivity index (χ0) is 18.4. The molecule has 0 radical (unpaired) electrons. The number of carbonyl (C=O) groups is 3. The molecule has 0 bridgehead atoms. The molecule has 8 heteroatoms. The Balaban J connectivity index is 1.91. The van der Waals surface area contributed by atoms with Crippen LogP contribution in [0.4, 0.5) is 0 Å². The normalized spacial score (nSPS) is 14.4. The van der Waals surface area contributed by atoms with Gasteiger partial charge in [-0.2, -0.15) is 0 Å². The number of amides is 3. The molecule has 6 nitrogen and oxygen atoms in total. The molecular weight excluding hydrogens is 365 g/mol. The van der Waals surface area contributed by atoms with E-state index in [1.165, 1.54) is 11.8 Å². The van der Waals surface area contributed by atoms with E-state index in [2.05, 4.69) is 0 Å². The Morgan fingerprint density at radius 3 is 2.44 bits per heavy atom. The molecule has 1 fully saturated rings. The third kappa shape index (κ3) is 5.61. The number of piperazine rings is 1. The Kier molecular flexibility index (Phi) is 7.08. The van der Waals surface area contributed by atoms with E-state index in [4.69, 9.17) is 23.2 Å². The van der Waals surface area contributed by atoms with Gasteiger partial charge in [-0.05, 0) is 24.1 Å². The fourth-order valence-corrected chi connectivity index (χ4v) is 3.17. The van der Waals surface area contributed by atoms with Gasteiger partial charge in [0.05, 0.1) is 6.54 Å². The lowest BCUT2D eigenvalue weighted by Crippen LogP contribution is -2.51. The second kappa shape index (κ2) is 9.06.